The van der Waals surface area contributed by atoms with Crippen LogP contribution in [0.1, 0.15) is 40.0 Å². The van der Waals surface area contributed by atoms with Crippen molar-refractivity contribution in [3.63, 3.8) is 0 Å². The predicted molar refractivity (Wildman–Crippen MR) is 70.1 cm³/mol. The van der Waals surface area contributed by atoms with Gasteiger partial charge in [-0.2, -0.15) is 5.26 Å². The first kappa shape index (κ1) is 14.3. The second-order valence-electron chi connectivity index (χ2n) is 7.21. The zero-order valence-electron chi connectivity index (χ0n) is 12.2. The number of hydrogen-bond donors (Lipinski definition) is 2. The summed E-state index contributed by atoms with van der Waals surface area (Å²) in [6.45, 7) is 5.95. The van der Waals surface area contributed by atoms with E-state index in [0.717, 1.165) is 12.8 Å². The van der Waals surface area contributed by atoms with Gasteiger partial charge in [-0.25, -0.2) is 0 Å². The summed E-state index contributed by atoms with van der Waals surface area (Å²) in [6.07, 6.45) is -0.0717. The molecule has 20 heavy (non-hydrogen) atoms. The summed E-state index contributed by atoms with van der Waals surface area (Å²) >= 11 is 0. The number of ether oxygens (including phenoxy) is 2. The maximum absolute atomic E-state index is 10.3. The molecule has 2 aliphatic carbocycles. The van der Waals surface area contributed by atoms with E-state index in [2.05, 4.69) is 6.07 Å². The first-order chi connectivity index (χ1) is 9.35. The molecule has 1 saturated heterocycles. The van der Waals surface area contributed by atoms with Gasteiger partial charge in [0, 0.05) is 11.3 Å². The number of nitriles is 1. The van der Waals surface area contributed by atoms with Crippen molar-refractivity contribution in [2.45, 2.75) is 64.8 Å². The molecule has 3 aliphatic rings. The fraction of sp³-hybridized carbons (Fsp3) is 0.933. The molecule has 1 aliphatic heterocycles. The Hall–Kier alpha value is -0.670. The van der Waals surface area contributed by atoms with Crippen LogP contribution in [-0.4, -0.2) is 35.0 Å². The van der Waals surface area contributed by atoms with Crippen molar-refractivity contribution in [3.8, 4) is 6.07 Å². The van der Waals surface area contributed by atoms with Crippen LogP contribution in [0.4, 0.5) is 0 Å². The summed E-state index contributed by atoms with van der Waals surface area (Å²) in [7, 11) is 0. The van der Waals surface area contributed by atoms with Crippen LogP contribution in [0.3, 0.4) is 0 Å². The lowest BCUT2D eigenvalue weighted by Crippen LogP contribution is -2.44. The lowest BCUT2D eigenvalue weighted by atomic mass is 9.74. The van der Waals surface area contributed by atoms with E-state index in [-0.39, 0.29) is 29.5 Å². The van der Waals surface area contributed by atoms with Gasteiger partial charge in [0.05, 0.1) is 18.3 Å². The summed E-state index contributed by atoms with van der Waals surface area (Å²) in [4.78, 5) is 0. The summed E-state index contributed by atoms with van der Waals surface area (Å²) < 4.78 is 11.5. The lowest BCUT2D eigenvalue weighted by Gasteiger charge is -2.36. The summed E-state index contributed by atoms with van der Waals surface area (Å²) in [6, 6.07) is 2.27. The molecule has 0 aromatic rings. The minimum atomic E-state index is -1.02. The first-order valence-corrected chi connectivity index (χ1v) is 7.44. The van der Waals surface area contributed by atoms with E-state index in [1.165, 1.54) is 0 Å². The van der Waals surface area contributed by atoms with Gasteiger partial charge in [-0.1, -0.05) is 20.8 Å². The molecular weight excluding hydrogens is 258 g/mol. The Balaban J connectivity index is 1.76. The molecule has 1 heterocycles. The van der Waals surface area contributed by atoms with Crippen molar-refractivity contribution in [1.29, 1.82) is 5.26 Å². The van der Waals surface area contributed by atoms with Gasteiger partial charge in [-0.3, -0.25) is 0 Å². The average molecular weight is 281 g/mol. The van der Waals surface area contributed by atoms with E-state index in [1.54, 1.807) is 0 Å². The van der Waals surface area contributed by atoms with Crippen molar-refractivity contribution in [3.05, 3.63) is 0 Å². The highest BCUT2D eigenvalue weighted by Gasteiger charge is 2.70. The Morgan fingerprint density at radius 1 is 1.55 bits per heavy atom. The van der Waals surface area contributed by atoms with E-state index < -0.39 is 18.0 Å². The molecular formula is C15H23NO4. The molecule has 3 fully saturated rings. The maximum Gasteiger partial charge on any atom is 0.174 e. The third-order valence-corrected chi connectivity index (χ3v) is 5.80. The van der Waals surface area contributed by atoms with E-state index in [0.29, 0.717) is 6.42 Å². The molecule has 2 N–H and O–H groups in total. The van der Waals surface area contributed by atoms with Crippen LogP contribution < -0.4 is 0 Å². The summed E-state index contributed by atoms with van der Waals surface area (Å²) in [5.74, 6) is 0.235. The number of nitrogens with zero attached hydrogens (tertiary/aromatic N) is 1. The van der Waals surface area contributed by atoms with Gasteiger partial charge in [0.2, 0.25) is 0 Å². The van der Waals surface area contributed by atoms with Gasteiger partial charge < -0.3 is 19.7 Å². The van der Waals surface area contributed by atoms with E-state index in [1.807, 2.05) is 20.8 Å². The van der Waals surface area contributed by atoms with Crippen molar-refractivity contribution in [2.24, 2.45) is 22.7 Å². The molecule has 7 unspecified atom stereocenters. The first-order valence-electron chi connectivity index (χ1n) is 7.44. The number of aliphatic hydroxyl groups is 2. The van der Waals surface area contributed by atoms with Crippen molar-refractivity contribution < 1.29 is 19.7 Å². The van der Waals surface area contributed by atoms with Gasteiger partial charge in [0.1, 0.15) is 5.41 Å². The summed E-state index contributed by atoms with van der Waals surface area (Å²) in [5.41, 5.74) is -1.06. The van der Waals surface area contributed by atoms with Gasteiger partial charge in [0.15, 0.2) is 12.6 Å². The van der Waals surface area contributed by atoms with Gasteiger partial charge >= 0.3 is 0 Å². The molecule has 0 aromatic heterocycles. The van der Waals surface area contributed by atoms with Crippen LogP contribution in [0, 0.1) is 34.0 Å². The third kappa shape index (κ3) is 1.69. The molecule has 3 rings (SSSR count). The standard InChI is InChI=1S/C15H23NO4/c1-4-14(2,3)12(17)19-10-8-5-9-11(10)20-13(18)15(9,6-8)7-16/h8-13,17-18H,4-6H2,1-3H3. The fourth-order valence-electron chi connectivity index (χ4n) is 3.99. The van der Waals surface area contributed by atoms with Gasteiger partial charge in [-0.05, 0) is 25.2 Å². The fourth-order valence-corrected chi connectivity index (χ4v) is 3.99. The monoisotopic (exact) mass is 281 g/mol. The highest BCUT2D eigenvalue weighted by Crippen LogP contribution is 2.63. The Morgan fingerprint density at radius 2 is 2.25 bits per heavy atom. The zero-order chi connectivity index (χ0) is 14.7. The van der Waals surface area contributed by atoms with Crippen LogP contribution >= 0.6 is 0 Å². The molecule has 0 radical (unpaired) electrons. The molecule has 0 aromatic carbocycles. The maximum atomic E-state index is 10.3. The van der Waals surface area contributed by atoms with Crippen molar-refractivity contribution >= 4 is 0 Å². The highest BCUT2D eigenvalue weighted by atomic mass is 16.7. The number of fused-ring (bicyclic) bond motifs is 1. The van der Waals surface area contributed by atoms with Crippen LogP contribution in [-0.2, 0) is 9.47 Å². The quantitative estimate of drug-likeness (QED) is 0.761. The Labute approximate surface area is 119 Å². The highest BCUT2D eigenvalue weighted by molar-refractivity contribution is 5.22. The average Bonchev–Trinajstić information content (AvgIpc) is 3.00. The van der Waals surface area contributed by atoms with Gasteiger partial charge in [-0.15, -0.1) is 0 Å². The van der Waals surface area contributed by atoms with E-state index in [4.69, 9.17) is 9.47 Å². The minimum absolute atomic E-state index is 0.0365. The lowest BCUT2D eigenvalue weighted by molar-refractivity contribution is -0.226. The van der Waals surface area contributed by atoms with Crippen LogP contribution in [0.2, 0.25) is 0 Å². The Morgan fingerprint density at radius 3 is 2.85 bits per heavy atom. The molecule has 7 atom stereocenters. The van der Waals surface area contributed by atoms with E-state index in [9.17, 15) is 15.5 Å². The molecule has 5 heteroatoms. The number of rotatable bonds is 4. The van der Waals surface area contributed by atoms with Crippen molar-refractivity contribution in [2.75, 3.05) is 0 Å². The summed E-state index contributed by atoms with van der Waals surface area (Å²) in [5, 5.41) is 29.7. The normalized spacial score (nSPS) is 47.5. The second-order valence-corrected chi connectivity index (χ2v) is 7.21. The molecule has 112 valence electrons. The smallest absolute Gasteiger partial charge is 0.174 e. The van der Waals surface area contributed by atoms with E-state index >= 15 is 0 Å². The van der Waals surface area contributed by atoms with Crippen LogP contribution in [0.15, 0.2) is 0 Å². The second kappa shape index (κ2) is 4.41. The predicted octanol–water partition coefficient (Wildman–Crippen LogP) is 1.39. The van der Waals surface area contributed by atoms with Gasteiger partial charge in [0.25, 0.3) is 0 Å². The molecule has 2 bridgehead atoms. The molecule has 0 spiro atoms. The van der Waals surface area contributed by atoms with Crippen LogP contribution in [0.5, 0.6) is 0 Å². The zero-order valence-corrected chi connectivity index (χ0v) is 12.2. The minimum Gasteiger partial charge on any atom is -0.367 e. The Bertz CT molecular complexity index is 446. The third-order valence-electron chi connectivity index (χ3n) is 5.80. The molecule has 2 saturated carbocycles. The molecule has 0 amide bonds. The Kier molecular flexibility index (Phi) is 3.15. The number of hydrogen-bond acceptors (Lipinski definition) is 5. The topological polar surface area (TPSA) is 82.7 Å². The largest absolute Gasteiger partial charge is 0.367 e. The van der Waals surface area contributed by atoms with Crippen molar-refractivity contribution in [1.82, 2.24) is 0 Å². The SMILES string of the molecule is CCC(C)(C)C(O)OC1C2CC3C1OC(O)C3(C#N)C2. The number of aliphatic hydroxyl groups excluding tert-OH is 2. The molecule has 5 nitrogen and oxygen atoms in total. The van der Waals surface area contributed by atoms with Crippen LogP contribution in [0.25, 0.3) is 0 Å².